The van der Waals surface area contributed by atoms with Crippen molar-refractivity contribution in [1.29, 1.82) is 5.26 Å². The largest absolute Gasteiger partial charge is 0.183 e. The van der Waals surface area contributed by atoms with E-state index in [1.165, 1.54) is 0 Å². The van der Waals surface area contributed by atoms with Gasteiger partial charge in [0.05, 0.1) is 0 Å². The van der Waals surface area contributed by atoms with E-state index in [1.807, 2.05) is 0 Å². The van der Waals surface area contributed by atoms with Gasteiger partial charge in [0.2, 0.25) is 0 Å². The maximum atomic E-state index is 7.64. The fraction of sp³-hybridized carbons (Fsp3) is 0.250. The summed E-state index contributed by atoms with van der Waals surface area (Å²) in [4.78, 5) is 0. The van der Waals surface area contributed by atoms with Crippen molar-refractivity contribution in [2.45, 2.75) is 6.92 Å². The van der Waals surface area contributed by atoms with E-state index < -0.39 is 0 Å². The van der Waals surface area contributed by atoms with Crippen LogP contribution in [0.1, 0.15) is 6.92 Å². The van der Waals surface area contributed by atoms with Gasteiger partial charge in [-0.15, -0.1) is 0 Å². The van der Waals surface area contributed by atoms with Crippen LogP contribution in [0.2, 0.25) is 0 Å². The Hall–Kier alpha value is -0.950. The summed E-state index contributed by atoms with van der Waals surface area (Å²) in [6, 6.07) is 1.66. The molecule has 0 heterocycles. The van der Waals surface area contributed by atoms with Crippen molar-refractivity contribution in [2.24, 2.45) is 0 Å². The Balaban J connectivity index is 3.30. The van der Waals surface area contributed by atoms with Gasteiger partial charge in [-0.05, 0) is 6.92 Å². The monoisotopic (exact) mass is 65.0 g/mol. The van der Waals surface area contributed by atoms with E-state index in [2.05, 4.69) is 11.8 Å². The Bertz CT molecular complexity index is 97.0. The first-order valence-electron chi connectivity index (χ1n) is 1.22. The van der Waals surface area contributed by atoms with Crippen molar-refractivity contribution in [3.8, 4) is 17.9 Å². The smallest absolute Gasteiger partial charge is 0.152 e. The zero-order valence-corrected chi connectivity index (χ0v) is 2.95. The molecule has 0 aromatic carbocycles. The summed E-state index contributed by atoms with van der Waals surface area (Å²) in [6.45, 7) is 1.63. The predicted octanol–water partition coefficient (Wildman–Crippen LogP) is 0.533. The molecule has 0 aliphatic heterocycles. The highest BCUT2D eigenvalue weighted by Gasteiger charge is 1.40. The van der Waals surface area contributed by atoms with Crippen LogP contribution in [-0.4, -0.2) is 0 Å². The van der Waals surface area contributed by atoms with Crippen LogP contribution >= 0.6 is 0 Å². The van der Waals surface area contributed by atoms with E-state index in [-0.39, 0.29) is 0 Å². The van der Waals surface area contributed by atoms with Gasteiger partial charge in [-0.2, -0.15) is 5.26 Å². The van der Waals surface area contributed by atoms with Crippen LogP contribution in [-0.2, 0) is 0 Å². The molecule has 0 fully saturated rings. The molecule has 0 bridgehead atoms. The van der Waals surface area contributed by atoms with Crippen molar-refractivity contribution < 1.29 is 0 Å². The van der Waals surface area contributed by atoms with Crippen molar-refractivity contribution in [3.05, 3.63) is 0 Å². The molecular weight excluding hydrogens is 62.1 g/mol. The lowest BCUT2D eigenvalue weighted by Gasteiger charge is -1.38. The van der Waals surface area contributed by atoms with Crippen molar-refractivity contribution in [3.63, 3.8) is 0 Å². The quantitative estimate of drug-likeness (QED) is 0.378. The van der Waals surface area contributed by atoms with E-state index in [0.29, 0.717) is 0 Å². The SMILES string of the molecule is CC#CC#N. The van der Waals surface area contributed by atoms with Gasteiger partial charge < -0.3 is 0 Å². The number of rotatable bonds is 0. The summed E-state index contributed by atoms with van der Waals surface area (Å²) >= 11 is 0. The molecule has 0 aliphatic rings. The van der Waals surface area contributed by atoms with Gasteiger partial charge in [0.1, 0.15) is 0 Å². The summed E-state index contributed by atoms with van der Waals surface area (Å²) in [5.74, 6) is 4.57. The lowest BCUT2D eigenvalue weighted by Crippen LogP contribution is -1.36. The van der Waals surface area contributed by atoms with Crippen molar-refractivity contribution in [2.75, 3.05) is 0 Å². The van der Waals surface area contributed by atoms with Gasteiger partial charge in [-0.1, -0.05) is 5.92 Å². The van der Waals surface area contributed by atoms with Gasteiger partial charge >= 0.3 is 0 Å². The second kappa shape index (κ2) is 3.05. The molecule has 1 heteroatoms. The molecule has 1 nitrogen and oxygen atoms in total. The third kappa shape index (κ3) is 3.05. The van der Waals surface area contributed by atoms with Gasteiger partial charge in [0, 0.05) is 5.92 Å². The maximum Gasteiger partial charge on any atom is 0.152 e. The fourth-order valence-corrected chi connectivity index (χ4v) is 0.0559. The number of hydrogen-bond donors (Lipinski definition) is 0. The molecule has 0 spiro atoms. The average Bonchev–Trinajstić information content (AvgIpc) is 1.41. The Morgan fingerprint density at radius 1 is 1.60 bits per heavy atom. The molecular formula is C4H3N. The van der Waals surface area contributed by atoms with Gasteiger partial charge in [0.15, 0.2) is 6.07 Å². The average molecular weight is 65.1 g/mol. The molecule has 0 N–H and O–H groups in total. The Morgan fingerprint density at radius 3 is 2.20 bits per heavy atom. The fourth-order valence-electron chi connectivity index (χ4n) is 0.0559. The number of nitrogens with zero attached hydrogens (tertiary/aromatic N) is 1. The van der Waals surface area contributed by atoms with E-state index in [1.54, 1.807) is 13.0 Å². The highest BCUT2D eigenvalue weighted by atomic mass is 14.2. The van der Waals surface area contributed by atoms with E-state index in [9.17, 15) is 0 Å². The normalized spacial score (nSPS) is 3.20. The molecule has 0 rings (SSSR count). The van der Waals surface area contributed by atoms with Crippen LogP contribution in [0.25, 0.3) is 0 Å². The van der Waals surface area contributed by atoms with Crippen molar-refractivity contribution in [1.82, 2.24) is 0 Å². The van der Waals surface area contributed by atoms with E-state index in [0.717, 1.165) is 0 Å². The summed E-state index contributed by atoms with van der Waals surface area (Å²) < 4.78 is 0. The van der Waals surface area contributed by atoms with Crippen molar-refractivity contribution >= 4 is 0 Å². The Morgan fingerprint density at radius 2 is 2.20 bits per heavy atom. The summed E-state index contributed by atoms with van der Waals surface area (Å²) in [5, 5.41) is 7.64. The molecule has 0 saturated heterocycles. The number of nitriles is 1. The minimum atomic E-state index is 1.63. The molecule has 5 heavy (non-hydrogen) atoms. The molecule has 0 saturated carbocycles. The standard InChI is InChI=1S/C4H3N/c1-2-3-4-5/h1H3. The van der Waals surface area contributed by atoms with Gasteiger partial charge in [-0.25, -0.2) is 0 Å². The Labute approximate surface area is 31.2 Å². The van der Waals surface area contributed by atoms with Crippen LogP contribution in [0, 0.1) is 23.2 Å². The molecule has 0 radical (unpaired) electrons. The third-order valence-corrected chi connectivity index (χ3v) is 0.181. The molecule has 0 aromatic heterocycles. The van der Waals surface area contributed by atoms with Crippen LogP contribution in [0.15, 0.2) is 0 Å². The minimum Gasteiger partial charge on any atom is -0.183 e. The molecule has 0 unspecified atom stereocenters. The second-order valence-corrected chi connectivity index (χ2v) is 0.487. The summed E-state index contributed by atoms with van der Waals surface area (Å²) in [7, 11) is 0. The van der Waals surface area contributed by atoms with E-state index in [4.69, 9.17) is 5.26 Å². The lowest BCUT2D eigenvalue weighted by atomic mass is 10.7. The Kier molecular flexibility index (Phi) is 2.47. The highest BCUT2D eigenvalue weighted by molar-refractivity contribution is 5.14. The molecule has 0 amide bonds. The molecule has 0 atom stereocenters. The topological polar surface area (TPSA) is 23.8 Å². The summed E-state index contributed by atoms with van der Waals surface area (Å²) in [6.07, 6.45) is 0. The van der Waals surface area contributed by atoms with Crippen LogP contribution in [0.3, 0.4) is 0 Å². The van der Waals surface area contributed by atoms with Crippen LogP contribution < -0.4 is 0 Å². The first-order chi connectivity index (χ1) is 2.41. The third-order valence-electron chi connectivity index (χ3n) is 0.181. The molecule has 0 aliphatic carbocycles. The van der Waals surface area contributed by atoms with Gasteiger partial charge in [-0.3, -0.25) is 0 Å². The number of hydrogen-bond acceptors (Lipinski definition) is 1. The van der Waals surface area contributed by atoms with Crippen LogP contribution in [0.4, 0.5) is 0 Å². The second-order valence-electron chi connectivity index (χ2n) is 0.487. The first kappa shape index (κ1) is 4.05. The zero-order valence-electron chi connectivity index (χ0n) is 2.95. The maximum absolute atomic E-state index is 7.64. The lowest BCUT2D eigenvalue weighted by molar-refractivity contribution is 1.55. The highest BCUT2D eigenvalue weighted by Crippen LogP contribution is 1.41. The van der Waals surface area contributed by atoms with Crippen LogP contribution in [0.5, 0.6) is 0 Å². The summed E-state index contributed by atoms with van der Waals surface area (Å²) in [5.41, 5.74) is 0. The minimum absolute atomic E-state index is 1.63. The van der Waals surface area contributed by atoms with E-state index >= 15 is 0 Å². The molecule has 0 aromatic rings. The zero-order chi connectivity index (χ0) is 4.12. The van der Waals surface area contributed by atoms with Gasteiger partial charge in [0.25, 0.3) is 0 Å². The molecule has 24 valence electrons. The first-order valence-corrected chi connectivity index (χ1v) is 1.22. The predicted molar refractivity (Wildman–Crippen MR) is 19.1 cm³/mol.